The predicted molar refractivity (Wildman–Crippen MR) is 120 cm³/mol. The standard InChI is InChI=1S/C22H20FN5O4S/c1-32-15-6-13-11-33-20(27-21(30)31)28-22(13,8-15)16-7-14(3-4-17(16)23)26-19(29)18-5-2-12(9-24)10-25-18/h2-5,7,10,13,15H,6,8,11H2,1H3,(H,26,29)(H,27,28)(H,30,31). The number of amidine groups is 1. The highest BCUT2D eigenvalue weighted by molar-refractivity contribution is 8.13. The average Bonchev–Trinajstić information content (AvgIpc) is 3.19. The summed E-state index contributed by atoms with van der Waals surface area (Å²) in [5.41, 5.74) is 0.0198. The van der Waals surface area contributed by atoms with E-state index in [9.17, 15) is 9.59 Å². The smallest absolute Gasteiger partial charge is 0.410 e. The molecule has 3 N–H and O–H groups in total. The van der Waals surface area contributed by atoms with Crippen molar-refractivity contribution in [2.24, 2.45) is 10.9 Å². The van der Waals surface area contributed by atoms with Gasteiger partial charge >= 0.3 is 6.09 Å². The van der Waals surface area contributed by atoms with Crippen molar-refractivity contribution < 1.29 is 23.8 Å². The normalized spacial score (nSPS) is 23.7. The van der Waals surface area contributed by atoms with E-state index >= 15 is 4.39 Å². The molecule has 1 saturated carbocycles. The number of hydrogen-bond acceptors (Lipinski definition) is 7. The number of benzene rings is 1. The number of nitriles is 1. The molecule has 3 atom stereocenters. The predicted octanol–water partition coefficient (Wildman–Crippen LogP) is 3.34. The van der Waals surface area contributed by atoms with Gasteiger partial charge in [-0.05, 0) is 36.8 Å². The van der Waals surface area contributed by atoms with Gasteiger partial charge in [-0.1, -0.05) is 11.8 Å². The van der Waals surface area contributed by atoms with E-state index in [0.717, 1.165) is 0 Å². The lowest BCUT2D eigenvalue weighted by molar-refractivity contribution is 0.101. The molecule has 2 aromatic rings. The highest BCUT2D eigenvalue weighted by Crippen LogP contribution is 2.52. The fourth-order valence-corrected chi connectivity index (χ4v) is 5.45. The maximum absolute atomic E-state index is 15.1. The lowest BCUT2D eigenvalue weighted by Gasteiger charge is -2.36. The van der Waals surface area contributed by atoms with Crippen molar-refractivity contribution in [3.63, 3.8) is 0 Å². The first kappa shape index (κ1) is 22.7. The van der Waals surface area contributed by atoms with Crippen LogP contribution in [0.2, 0.25) is 0 Å². The van der Waals surface area contributed by atoms with Crippen molar-refractivity contribution in [2.45, 2.75) is 24.5 Å². The molecule has 1 aromatic carbocycles. The van der Waals surface area contributed by atoms with Crippen molar-refractivity contribution in [2.75, 3.05) is 18.2 Å². The van der Waals surface area contributed by atoms with E-state index in [4.69, 9.17) is 15.1 Å². The molecule has 0 saturated heterocycles. The first-order valence-corrected chi connectivity index (χ1v) is 11.1. The summed E-state index contributed by atoms with van der Waals surface area (Å²) in [6.07, 6.45) is 0.920. The van der Waals surface area contributed by atoms with Gasteiger partial charge in [0, 0.05) is 42.6 Å². The number of rotatable bonds is 4. The summed E-state index contributed by atoms with van der Waals surface area (Å²) in [7, 11) is 1.58. The van der Waals surface area contributed by atoms with Gasteiger partial charge < -0.3 is 15.2 Å². The molecule has 4 rings (SSSR count). The van der Waals surface area contributed by atoms with Gasteiger partial charge in [-0.3, -0.25) is 15.1 Å². The van der Waals surface area contributed by atoms with Gasteiger partial charge in [0.1, 0.15) is 17.6 Å². The van der Waals surface area contributed by atoms with Crippen LogP contribution in [0.5, 0.6) is 0 Å². The number of methoxy groups -OCH3 is 1. The number of carboxylic acid groups (broad SMARTS) is 1. The third kappa shape index (κ3) is 4.53. The molecule has 2 heterocycles. The van der Waals surface area contributed by atoms with Crippen LogP contribution in [0.15, 0.2) is 41.5 Å². The van der Waals surface area contributed by atoms with Gasteiger partial charge in [0.15, 0.2) is 5.17 Å². The second-order valence-corrected chi connectivity index (χ2v) is 8.78. The third-order valence-electron chi connectivity index (χ3n) is 5.85. The minimum atomic E-state index is -1.24. The molecule has 1 aliphatic heterocycles. The number of halogens is 1. The number of nitrogens with zero attached hydrogens (tertiary/aromatic N) is 3. The van der Waals surface area contributed by atoms with Gasteiger partial charge in [-0.2, -0.15) is 5.26 Å². The third-order valence-corrected chi connectivity index (χ3v) is 6.88. The number of anilines is 1. The summed E-state index contributed by atoms with van der Waals surface area (Å²) in [6, 6.07) is 9.07. The molecule has 1 fully saturated rings. The summed E-state index contributed by atoms with van der Waals surface area (Å²) in [5, 5.41) is 23.2. The van der Waals surface area contributed by atoms with E-state index in [2.05, 4.69) is 20.6 Å². The average molecular weight is 469 g/mol. The number of carbonyl (C=O) groups excluding carboxylic acids is 1. The Labute approximate surface area is 193 Å². The van der Waals surface area contributed by atoms with Crippen LogP contribution >= 0.6 is 11.8 Å². The number of ether oxygens (including phenoxy) is 1. The Morgan fingerprint density at radius 1 is 1.33 bits per heavy atom. The number of nitrogens with one attached hydrogen (secondary N) is 2. The summed E-state index contributed by atoms with van der Waals surface area (Å²) in [4.78, 5) is 32.4. The number of thioether (sulfide) groups is 1. The molecule has 1 aromatic heterocycles. The molecular weight excluding hydrogens is 449 g/mol. The monoisotopic (exact) mass is 469 g/mol. The number of carbonyl (C=O) groups is 2. The molecule has 33 heavy (non-hydrogen) atoms. The van der Waals surface area contributed by atoms with Crippen molar-refractivity contribution in [3.05, 3.63) is 59.2 Å². The molecule has 1 aliphatic carbocycles. The van der Waals surface area contributed by atoms with E-state index in [0.29, 0.717) is 29.8 Å². The highest BCUT2D eigenvalue weighted by atomic mass is 32.2. The maximum atomic E-state index is 15.1. The van der Waals surface area contributed by atoms with Crippen LogP contribution in [-0.4, -0.2) is 46.2 Å². The zero-order valence-electron chi connectivity index (χ0n) is 17.5. The van der Waals surface area contributed by atoms with E-state index in [-0.39, 0.29) is 28.4 Å². The molecule has 11 heteroatoms. The molecular formula is C22H20FN5O4S. The first-order chi connectivity index (χ1) is 15.8. The van der Waals surface area contributed by atoms with Crippen molar-refractivity contribution in [1.82, 2.24) is 10.3 Å². The fourth-order valence-electron chi connectivity index (χ4n) is 4.29. The number of aliphatic imine (C=N–C) groups is 1. The fraction of sp³-hybridized carbons (Fsp3) is 0.318. The Kier molecular flexibility index (Phi) is 6.31. The van der Waals surface area contributed by atoms with Crippen molar-refractivity contribution in [1.29, 1.82) is 5.26 Å². The molecule has 9 nitrogen and oxygen atoms in total. The minimum Gasteiger partial charge on any atom is -0.465 e. The lowest BCUT2D eigenvalue weighted by atomic mass is 9.81. The quantitative estimate of drug-likeness (QED) is 0.625. The van der Waals surface area contributed by atoms with E-state index in [1.54, 1.807) is 7.11 Å². The second-order valence-electron chi connectivity index (χ2n) is 7.77. The summed E-state index contributed by atoms with van der Waals surface area (Å²) >= 11 is 1.27. The van der Waals surface area contributed by atoms with Crippen LogP contribution in [0.25, 0.3) is 0 Å². The summed E-state index contributed by atoms with van der Waals surface area (Å²) in [5.74, 6) is -0.545. The number of aromatic nitrogens is 1. The minimum absolute atomic E-state index is 0.0764. The Morgan fingerprint density at radius 3 is 2.82 bits per heavy atom. The van der Waals surface area contributed by atoms with E-state index < -0.39 is 23.4 Å². The molecule has 3 unspecified atom stereocenters. The lowest BCUT2D eigenvalue weighted by Crippen LogP contribution is -2.40. The number of pyridine rings is 1. The molecule has 2 amide bonds. The Balaban J connectivity index is 1.69. The zero-order chi connectivity index (χ0) is 23.6. The topological polar surface area (TPSA) is 137 Å². The van der Waals surface area contributed by atoms with Gasteiger partial charge in [0.25, 0.3) is 5.91 Å². The summed E-state index contributed by atoms with van der Waals surface area (Å²) in [6.45, 7) is 0. The molecule has 170 valence electrons. The van der Waals surface area contributed by atoms with Crippen LogP contribution in [0.1, 0.15) is 34.5 Å². The van der Waals surface area contributed by atoms with Crippen LogP contribution in [0.4, 0.5) is 14.9 Å². The zero-order valence-corrected chi connectivity index (χ0v) is 18.4. The van der Waals surface area contributed by atoms with Crippen LogP contribution < -0.4 is 10.6 Å². The number of fused-ring (bicyclic) bond motifs is 1. The Bertz CT molecular complexity index is 1170. The first-order valence-electron chi connectivity index (χ1n) is 10.1. The SMILES string of the molecule is COC1CC2CSC(NC(=O)O)=NC2(c2cc(NC(=O)c3ccc(C#N)cn3)ccc2F)C1. The Hall–Kier alpha value is -3.49. The largest absolute Gasteiger partial charge is 0.465 e. The molecule has 0 bridgehead atoms. The van der Waals surface area contributed by atoms with Crippen LogP contribution in [0, 0.1) is 23.1 Å². The second kappa shape index (κ2) is 9.17. The van der Waals surface area contributed by atoms with E-state index in [1.807, 2.05) is 6.07 Å². The van der Waals surface area contributed by atoms with Gasteiger partial charge in [0.05, 0.1) is 17.2 Å². The maximum Gasteiger partial charge on any atom is 0.410 e. The molecule has 0 radical (unpaired) electrons. The molecule has 2 aliphatic rings. The number of hydrogen-bond donors (Lipinski definition) is 3. The number of amides is 2. The van der Waals surface area contributed by atoms with Crippen molar-refractivity contribution >= 4 is 34.6 Å². The van der Waals surface area contributed by atoms with Gasteiger partial charge in [-0.25, -0.2) is 14.2 Å². The van der Waals surface area contributed by atoms with Crippen LogP contribution in [0.3, 0.4) is 0 Å². The van der Waals surface area contributed by atoms with Crippen molar-refractivity contribution in [3.8, 4) is 6.07 Å². The van der Waals surface area contributed by atoms with E-state index in [1.165, 1.54) is 48.3 Å². The van der Waals surface area contributed by atoms with Crippen LogP contribution in [-0.2, 0) is 10.3 Å². The molecule has 0 spiro atoms. The van der Waals surface area contributed by atoms with Gasteiger partial charge in [-0.15, -0.1) is 0 Å². The Morgan fingerprint density at radius 2 is 2.15 bits per heavy atom. The summed E-state index contributed by atoms with van der Waals surface area (Å²) < 4.78 is 20.7. The van der Waals surface area contributed by atoms with Gasteiger partial charge in [0.2, 0.25) is 0 Å². The highest BCUT2D eigenvalue weighted by Gasteiger charge is 2.52.